The lowest BCUT2D eigenvalue weighted by molar-refractivity contribution is -0.161. The van der Waals surface area contributed by atoms with E-state index in [9.17, 15) is 43.2 Å². The molecule has 0 radical (unpaired) electrons. The van der Waals surface area contributed by atoms with Gasteiger partial charge in [-0.25, -0.2) is 9.13 Å². The zero-order valence-electron chi connectivity index (χ0n) is 65.1. The number of aliphatic hydroxyl groups excluding tert-OH is 1. The Morgan fingerprint density at radius 3 is 0.717 bits per heavy atom. The summed E-state index contributed by atoms with van der Waals surface area (Å²) in [5.74, 6) is 0.982. The number of carbonyl (C=O) groups excluding carboxylic acids is 4. The Bertz CT molecular complexity index is 1940. The molecule has 3 N–H and O–H groups in total. The maximum atomic E-state index is 13.1. The first-order chi connectivity index (χ1) is 47.6. The third-order valence-electron chi connectivity index (χ3n) is 18.9. The number of carbonyl (C=O) groups is 4. The van der Waals surface area contributed by atoms with Gasteiger partial charge in [-0.3, -0.25) is 37.3 Å². The standard InChI is InChI=1S/C80H156O17P2/c1-9-73(8)59-51-43-34-28-22-16-13-14-18-24-31-37-47-55-62-79(84)96-75(66-90-77(82)60-52-44-35-29-25-19-21-27-33-41-49-57-71(4)5)68-94-98(86,87)92-64-74(81)65-93-99(88,89)95-69-76(67-91-78(83)61-53-45-39-38-42-50-58-72(6)7)97-80(85)63-54-46-36-30-23-17-12-10-11-15-20-26-32-40-48-56-70(2)3/h70-76,81H,9-69H2,1-8H3,(H,86,87)(H,88,89)/t73?,74?,75-,76-/m1/s1. The lowest BCUT2D eigenvalue weighted by Gasteiger charge is -2.21. The van der Waals surface area contributed by atoms with Crippen LogP contribution in [0.4, 0.5) is 0 Å². The van der Waals surface area contributed by atoms with Gasteiger partial charge in [0.25, 0.3) is 0 Å². The van der Waals surface area contributed by atoms with Gasteiger partial charge >= 0.3 is 39.5 Å². The van der Waals surface area contributed by atoms with Crippen molar-refractivity contribution in [3.05, 3.63) is 0 Å². The van der Waals surface area contributed by atoms with Crippen molar-refractivity contribution < 1.29 is 80.2 Å². The molecule has 0 spiro atoms. The van der Waals surface area contributed by atoms with Crippen molar-refractivity contribution in [3.63, 3.8) is 0 Å². The van der Waals surface area contributed by atoms with E-state index in [1.807, 2.05) is 0 Å². The molecule has 0 saturated heterocycles. The number of phosphoric ester groups is 2. The first-order valence-corrected chi connectivity index (χ1v) is 44.2. The molecular formula is C80H156O17P2. The lowest BCUT2D eigenvalue weighted by atomic mass is 9.99. The molecule has 0 aromatic rings. The van der Waals surface area contributed by atoms with Crippen molar-refractivity contribution in [2.24, 2.45) is 23.7 Å². The minimum atomic E-state index is -4.96. The highest BCUT2D eigenvalue weighted by atomic mass is 31.2. The SMILES string of the molecule is CCC(C)CCCCCCCCCCCCCCCCC(=O)O[C@H](COC(=O)CCCCCCCCCCCCCC(C)C)COP(=O)(O)OCC(O)COP(=O)(O)OC[C@@H](COC(=O)CCCCCCCCC(C)C)OC(=O)CCCCCCCCCCCCCCCCCC(C)C. The largest absolute Gasteiger partial charge is 0.472 e. The topological polar surface area (TPSA) is 237 Å². The molecule has 0 bridgehead atoms. The Balaban J connectivity index is 5.22. The fourth-order valence-corrected chi connectivity index (χ4v) is 13.8. The predicted molar refractivity (Wildman–Crippen MR) is 404 cm³/mol. The molecule has 0 heterocycles. The molecule has 17 nitrogen and oxygen atoms in total. The lowest BCUT2D eigenvalue weighted by Crippen LogP contribution is -2.30. The molecule has 588 valence electrons. The average molecular weight is 1450 g/mol. The van der Waals surface area contributed by atoms with Crippen LogP contribution < -0.4 is 0 Å². The Kier molecular flexibility index (Phi) is 67.8. The van der Waals surface area contributed by atoms with E-state index in [-0.39, 0.29) is 25.7 Å². The van der Waals surface area contributed by atoms with Crippen LogP contribution in [0, 0.1) is 23.7 Å². The van der Waals surface area contributed by atoms with Crippen molar-refractivity contribution in [3.8, 4) is 0 Å². The van der Waals surface area contributed by atoms with Gasteiger partial charge in [0.05, 0.1) is 26.4 Å². The van der Waals surface area contributed by atoms with Crippen molar-refractivity contribution in [1.82, 2.24) is 0 Å². The summed E-state index contributed by atoms with van der Waals surface area (Å²) in [6.07, 6.45) is 55.6. The van der Waals surface area contributed by atoms with E-state index in [0.717, 1.165) is 114 Å². The number of ether oxygens (including phenoxy) is 4. The van der Waals surface area contributed by atoms with Crippen molar-refractivity contribution in [2.45, 2.75) is 427 Å². The van der Waals surface area contributed by atoms with Crippen LogP contribution in [0.25, 0.3) is 0 Å². The maximum Gasteiger partial charge on any atom is 0.472 e. The van der Waals surface area contributed by atoms with E-state index in [2.05, 4.69) is 55.4 Å². The van der Waals surface area contributed by atoms with Gasteiger partial charge in [-0.15, -0.1) is 0 Å². The number of hydrogen-bond donors (Lipinski definition) is 3. The summed E-state index contributed by atoms with van der Waals surface area (Å²) in [6, 6.07) is 0. The third-order valence-corrected chi connectivity index (χ3v) is 20.8. The van der Waals surface area contributed by atoms with Crippen molar-refractivity contribution in [2.75, 3.05) is 39.6 Å². The highest BCUT2D eigenvalue weighted by molar-refractivity contribution is 7.47. The smallest absolute Gasteiger partial charge is 0.462 e. The first kappa shape index (κ1) is 97.1. The van der Waals surface area contributed by atoms with Gasteiger partial charge in [0.2, 0.25) is 0 Å². The van der Waals surface area contributed by atoms with Gasteiger partial charge in [-0.1, -0.05) is 357 Å². The summed E-state index contributed by atoms with van der Waals surface area (Å²) < 4.78 is 68.7. The van der Waals surface area contributed by atoms with Crippen LogP contribution in [-0.4, -0.2) is 96.7 Å². The van der Waals surface area contributed by atoms with Gasteiger partial charge in [0.1, 0.15) is 19.3 Å². The molecule has 0 aromatic carbocycles. The molecular weight excluding hydrogens is 1290 g/mol. The fraction of sp³-hybridized carbons (Fsp3) is 0.950. The molecule has 6 atom stereocenters. The van der Waals surface area contributed by atoms with E-state index in [0.29, 0.717) is 31.6 Å². The summed E-state index contributed by atoms with van der Waals surface area (Å²) in [5, 5.41) is 10.6. The predicted octanol–water partition coefficient (Wildman–Crippen LogP) is 23.6. The molecule has 0 aliphatic rings. The number of hydrogen-bond acceptors (Lipinski definition) is 15. The van der Waals surface area contributed by atoms with E-state index in [1.165, 1.54) is 205 Å². The molecule has 0 aliphatic heterocycles. The summed E-state index contributed by atoms with van der Waals surface area (Å²) >= 11 is 0. The average Bonchev–Trinajstić information content (AvgIpc) is 1.01. The first-order valence-electron chi connectivity index (χ1n) is 41.2. The quantitative estimate of drug-likeness (QED) is 0.0222. The number of phosphoric acid groups is 2. The van der Waals surface area contributed by atoms with E-state index >= 15 is 0 Å². The monoisotopic (exact) mass is 1450 g/mol. The summed E-state index contributed by atoms with van der Waals surface area (Å²) in [7, 11) is -9.92. The zero-order valence-corrected chi connectivity index (χ0v) is 66.9. The Labute approximate surface area is 607 Å². The minimum absolute atomic E-state index is 0.106. The van der Waals surface area contributed by atoms with E-state index in [1.54, 1.807) is 0 Å². The Morgan fingerprint density at radius 1 is 0.283 bits per heavy atom. The van der Waals surface area contributed by atoms with Crippen LogP contribution in [0.15, 0.2) is 0 Å². The highest BCUT2D eigenvalue weighted by Crippen LogP contribution is 2.45. The van der Waals surface area contributed by atoms with Gasteiger partial charge in [0.15, 0.2) is 12.2 Å². The number of aliphatic hydroxyl groups is 1. The second-order valence-corrected chi connectivity index (χ2v) is 33.4. The van der Waals surface area contributed by atoms with E-state index in [4.69, 9.17) is 37.0 Å². The Morgan fingerprint density at radius 2 is 0.485 bits per heavy atom. The van der Waals surface area contributed by atoms with Crippen LogP contribution in [0.5, 0.6) is 0 Å². The summed E-state index contributed by atoms with van der Waals surface area (Å²) in [5.41, 5.74) is 0. The molecule has 0 aliphatic carbocycles. The molecule has 0 amide bonds. The van der Waals surface area contributed by atoms with Gasteiger partial charge in [-0.2, -0.15) is 0 Å². The fourth-order valence-electron chi connectivity index (χ4n) is 12.2. The van der Waals surface area contributed by atoms with Crippen molar-refractivity contribution >= 4 is 39.5 Å². The van der Waals surface area contributed by atoms with Gasteiger partial charge in [-0.05, 0) is 49.4 Å². The molecule has 0 fully saturated rings. The molecule has 0 rings (SSSR count). The number of esters is 4. The normalized spacial score (nSPS) is 14.3. The van der Waals surface area contributed by atoms with E-state index < -0.39 is 97.5 Å². The number of rotatable bonds is 77. The minimum Gasteiger partial charge on any atom is -0.462 e. The second kappa shape index (κ2) is 69.1. The summed E-state index contributed by atoms with van der Waals surface area (Å²) in [4.78, 5) is 73.0. The van der Waals surface area contributed by atoms with Crippen LogP contribution >= 0.6 is 15.6 Å². The van der Waals surface area contributed by atoms with Gasteiger partial charge in [0, 0.05) is 25.7 Å². The molecule has 0 saturated carbocycles. The summed E-state index contributed by atoms with van der Waals surface area (Å²) in [6.45, 7) is 14.2. The maximum absolute atomic E-state index is 13.1. The van der Waals surface area contributed by atoms with Crippen LogP contribution in [0.3, 0.4) is 0 Å². The molecule has 0 aromatic heterocycles. The van der Waals surface area contributed by atoms with Gasteiger partial charge < -0.3 is 33.8 Å². The molecule has 4 unspecified atom stereocenters. The van der Waals surface area contributed by atoms with Crippen LogP contribution in [-0.2, 0) is 65.4 Å². The highest BCUT2D eigenvalue weighted by Gasteiger charge is 2.30. The Hall–Kier alpha value is -1.94. The van der Waals surface area contributed by atoms with Crippen molar-refractivity contribution in [1.29, 1.82) is 0 Å². The zero-order chi connectivity index (χ0) is 73.1. The van der Waals surface area contributed by atoms with Crippen LogP contribution in [0.1, 0.15) is 409 Å². The third kappa shape index (κ3) is 72.8. The second-order valence-electron chi connectivity index (χ2n) is 30.5. The number of unbranched alkanes of at least 4 members (excludes halogenated alkanes) is 42. The molecule has 19 heteroatoms. The molecule has 99 heavy (non-hydrogen) atoms. The van der Waals surface area contributed by atoms with Crippen LogP contribution in [0.2, 0.25) is 0 Å².